The molecule has 1 aliphatic carbocycles. The smallest absolute Gasteiger partial charge is 0.268 e. The highest BCUT2D eigenvalue weighted by atomic mass is 16.5. The molecule has 0 spiro atoms. The number of nitrogens with one attached hydrogen (secondary N) is 3. The number of hydrogen-bond donors (Lipinski definition) is 3. The number of hydrogen-bond acceptors (Lipinski definition) is 4. The summed E-state index contributed by atoms with van der Waals surface area (Å²) in [6.07, 6.45) is 3.26. The summed E-state index contributed by atoms with van der Waals surface area (Å²) in [6.45, 7) is -0.134. The number of ether oxygens (including phenoxy) is 1. The Hall–Kier alpha value is -3.81. The highest BCUT2D eigenvalue weighted by molar-refractivity contribution is 5.99. The van der Waals surface area contributed by atoms with Gasteiger partial charge in [-0.2, -0.15) is 0 Å². The van der Waals surface area contributed by atoms with Gasteiger partial charge in [0.1, 0.15) is 11.4 Å². The number of aryl methyl sites for hydroxylation is 1. The van der Waals surface area contributed by atoms with Crippen LogP contribution in [-0.2, 0) is 16.6 Å². The second-order valence-electron chi connectivity index (χ2n) is 8.61. The molecular weight excluding hydrogens is 432 g/mol. The molecule has 0 saturated heterocycles. The fraction of sp³-hybridized carbons (Fsp3) is 0.346. The largest absolute Gasteiger partial charge is 0.497 e. The van der Waals surface area contributed by atoms with Gasteiger partial charge >= 0.3 is 0 Å². The second kappa shape index (κ2) is 10.4. The molecule has 4 rings (SSSR count). The highest BCUT2D eigenvalue weighted by Gasteiger charge is 2.32. The Morgan fingerprint density at radius 1 is 1.03 bits per heavy atom. The molecule has 3 aromatic rings. The van der Waals surface area contributed by atoms with E-state index in [9.17, 15) is 14.4 Å². The summed E-state index contributed by atoms with van der Waals surface area (Å²) in [4.78, 5) is 38.3. The molecule has 0 unspecified atom stereocenters. The van der Waals surface area contributed by atoms with Gasteiger partial charge in [-0.05, 0) is 49.2 Å². The van der Waals surface area contributed by atoms with Crippen LogP contribution in [0.3, 0.4) is 0 Å². The third-order valence-corrected chi connectivity index (χ3v) is 6.40. The predicted octanol–water partition coefficient (Wildman–Crippen LogP) is 3.23. The summed E-state index contributed by atoms with van der Waals surface area (Å²) in [5.74, 6) is -0.403. The molecule has 1 heterocycles. The first-order valence-electron chi connectivity index (χ1n) is 11.5. The van der Waals surface area contributed by atoms with Gasteiger partial charge in [0.05, 0.1) is 19.6 Å². The van der Waals surface area contributed by atoms with Crippen LogP contribution in [-0.4, -0.2) is 42.0 Å². The third-order valence-electron chi connectivity index (χ3n) is 6.40. The van der Waals surface area contributed by atoms with Crippen molar-refractivity contribution in [2.45, 2.75) is 31.7 Å². The Morgan fingerprint density at radius 2 is 1.76 bits per heavy atom. The number of fused-ring (bicyclic) bond motifs is 1. The van der Waals surface area contributed by atoms with E-state index < -0.39 is 0 Å². The second-order valence-corrected chi connectivity index (χ2v) is 8.61. The summed E-state index contributed by atoms with van der Waals surface area (Å²) in [7, 11) is 3.44. The van der Waals surface area contributed by atoms with Crippen molar-refractivity contribution < 1.29 is 19.1 Å². The maximum absolute atomic E-state index is 13.0. The summed E-state index contributed by atoms with van der Waals surface area (Å²) >= 11 is 0. The minimum absolute atomic E-state index is 0.134. The molecule has 178 valence electrons. The minimum Gasteiger partial charge on any atom is -0.497 e. The van der Waals surface area contributed by atoms with Crippen LogP contribution in [0.25, 0.3) is 10.9 Å². The van der Waals surface area contributed by atoms with Gasteiger partial charge in [-0.15, -0.1) is 0 Å². The van der Waals surface area contributed by atoms with E-state index in [0.717, 1.165) is 30.2 Å². The van der Waals surface area contributed by atoms with Gasteiger partial charge in [-0.25, -0.2) is 0 Å². The quantitative estimate of drug-likeness (QED) is 0.502. The molecule has 8 heteroatoms. The van der Waals surface area contributed by atoms with Crippen LogP contribution in [0.15, 0.2) is 54.6 Å². The molecule has 0 bridgehead atoms. The SMILES string of the molecule is COc1ccc(NC(=O)CNC(=O)[C@@H]2CCCC[C@@H]2NC(=O)c2cc3ccccc3n2C)cc1. The first kappa shape index (κ1) is 23.4. The van der Waals surface area contributed by atoms with Crippen LogP contribution in [0, 0.1) is 5.92 Å². The van der Waals surface area contributed by atoms with E-state index in [4.69, 9.17) is 4.74 Å². The van der Waals surface area contributed by atoms with Crippen molar-refractivity contribution in [3.8, 4) is 5.75 Å². The van der Waals surface area contributed by atoms with Crippen molar-refractivity contribution in [1.82, 2.24) is 15.2 Å². The van der Waals surface area contributed by atoms with E-state index in [0.29, 0.717) is 23.6 Å². The van der Waals surface area contributed by atoms with Crippen molar-refractivity contribution in [3.05, 3.63) is 60.3 Å². The van der Waals surface area contributed by atoms with E-state index in [2.05, 4.69) is 16.0 Å². The maximum Gasteiger partial charge on any atom is 0.268 e. The number of benzene rings is 2. The lowest BCUT2D eigenvalue weighted by atomic mass is 9.83. The third kappa shape index (κ3) is 5.22. The Labute approximate surface area is 198 Å². The van der Waals surface area contributed by atoms with E-state index in [1.807, 2.05) is 41.9 Å². The Morgan fingerprint density at radius 3 is 2.50 bits per heavy atom. The molecule has 2 atom stereocenters. The number of rotatable bonds is 7. The van der Waals surface area contributed by atoms with Crippen LogP contribution in [0.4, 0.5) is 5.69 Å². The van der Waals surface area contributed by atoms with Crippen molar-refractivity contribution >= 4 is 34.3 Å². The van der Waals surface area contributed by atoms with Crippen molar-refractivity contribution in [1.29, 1.82) is 0 Å². The molecule has 34 heavy (non-hydrogen) atoms. The summed E-state index contributed by atoms with van der Waals surface area (Å²) in [5.41, 5.74) is 2.16. The standard InChI is InChI=1S/C26H30N4O4/c1-30-22-10-6-3-7-17(22)15-23(30)26(33)29-21-9-5-4-8-20(21)25(32)27-16-24(31)28-18-11-13-19(34-2)14-12-18/h3,6-7,10-15,20-21H,4-5,8-9,16H2,1-2H3,(H,27,32)(H,28,31)(H,29,33)/t20-,21+/m1/s1. The fourth-order valence-corrected chi connectivity index (χ4v) is 4.54. The summed E-state index contributed by atoms with van der Waals surface area (Å²) < 4.78 is 6.97. The van der Waals surface area contributed by atoms with Gasteiger partial charge in [0.2, 0.25) is 11.8 Å². The molecule has 0 radical (unpaired) electrons. The molecule has 3 amide bonds. The number of para-hydroxylation sites is 1. The first-order valence-corrected chi connectivity index (χ1v) is 11.5. The zero-order valence-electron chi connectivity index (χ0n) is 19.5. The topological polar surface area (TPSA) is 101 Å². The normalized spacial score (nSPS) is 17.7. The molecule has 1 fully saturated rings. The Kier molecular flexibility index (Phi) is 7.15. The van der Waals surface area contributed by atoms with Crippen molar-refractivity contribution in [2.75, 3.05) is 19.0 Å². The lowest BCUT2D eigenvalue weighted by molar-refractivity contribution is -0.128. The summed E-state index contributed by atoms with van der Waals surface area (Å²) in [5, 5.41) is 9.56. The lowest BCUT2D eigenvalue weighted by Gasteiger charge is -2.31. The number of methoxy groups -OCH3 is 1. The maximum atomic E-state index is 13.0. The molecular formula is C26H30N4O4. The number of aromatic nitrogens is 1. The number of amides is 3. The predicted molar refractivity (Wildman–Crippen MR) is 131 cm³/mol. The number of carbonyl (C=O) groups excluding carboxylic acids is 3. The average Bonchev–Trinajstić information content (AvgIpc) is 3.20. The van der Waals surface area contributed by atoms with Crippen LogP contribution in [0.5, 0.6) is 5.75 Å². The lowest BCUT2D eigenvalue weighted by Crippen LogP contribution is -2.49. The van der Waals surface area contributed by atoms with Crippen LogP contribution < -0.4 is 20.7 Å². The van der Waals surface area contributed by atoms with E-state index in [-0.39, 0.29) is 36.2 Å². The average molecular weight is 463 g/mol. The zero-order valence-corrected chi connectivity index (χ0v) is 19.5. The van der Waals surface area contributed by atoms with Gasteiger partial charge in [0.25, 0.3) is 5.91 Å². The molecule has 2 aromatic carbocycles. The molecule has 1 aliphatic rings. The van der Waals surface area contributed by atoms with Crippen LogP contribution in [0.1, 0.15) is 36.2 Å². The number of nitrogens with zero attached hydrogens (tertiary/aromatic N) is 1. The van der Waals surface area contributed by atoms with Gasteiger partial charge in [-0.1, -0.05) is 31.0 Å². The van der Waals surface area contributed by atoms with E-state index in [1.54, 1.807) is 31.4 Å². The Balaban J connectivity index is 1.35. The molecule has 3 N–H and O–H groups in total. The van der Waals surface area contributed by atoms with Crippen molar-refractivity contribution in [3.63, 3.8) is 0 Å². The van der Waals surface area contributed by atoms with Gasteiger partial charge in [0.15, 0.2) is 0 Å². The van der Waals surface area contributed by atoms with Crippen LogP contribution in [0.2, 0.25) is 0 Å². The van der Waals surface area contributed by atoms with Crippen molar-refractivity contribution in [2.24, 2.45) is 13.0 Å². The van der Waals surface area contributed by atoms with E-state index >= 15 is 0 Å². The fourth-order valence-electron chi connectivity index (χ4n) is 4.54. The highest BCUT2D eigenvalue weighted by Crippen LogP contribution is 2.26. The van der Waals surface area contributed by atoms with Crippen LogP contribution >= 0.6 is 0 Å². The van der Waals surface area contributed by atoms with Gasteiger partial charge in [0, 0.05) is 29.7 Å². The molecule has 1 saturated carbocycles. The Bertz CT molecular complexity index is 1190. The number of anilines is 1. The van der Waals surface area contributed by atoms with Gasteiger partial charge in [-0.3, -0.25) is 14.4 Å². The molecule has 0 aliphatic heterocycles. The van der Waals surface area contributed by atoms with Gasteiger partial charge < -0.3 is 25.3 Å². The number of carbonyl (C=O) groups is 3. The zero-order chi connectivity index (χ0) is 24.1. The van der Waals surface area contributed by atoms with E-state index in [1.165, 1.54) is 0 Å². The first-order chi connectivity index (χ1) is 16.5. The minimum atomic E-state index is -0.374. The molecule has 8 nitrogen and oxygen atoms in total. The summed E-state index contributed by atoms with van der Waals surface area (Å²) in [6, 6.07) is 16.4. The molecule has 1 aromatic heterocycles. The monoisotopic (exact) mass is 462 g/mol.